The van der Waals surface area contributed by atoms with Crippen LogP contribution < -0.4 is 0 Å². The molecule has 0 aromatic rings. The summed E-state index contributed by atoms with van der Waals surface area (Å²) in [4.78, 5) is 21.7. The zero-order chi connectivity index (χ0) is 9.35. The van der Waals surface area contributed by atoms with Gasteiger partial charge in [-0.05, 0) is 0 Å². The van der Waals surface area contributed by atoms with Gasteiger partial charge in [-0.1, -0.05) is 0 Å². The maximum absolute atomic E-state index is 9.10. The van der Waals surface area contributed by atoms with Crippen LogP contribution in [0.4, 0.5) is 0 Å². The van der Waals surface area contributed by atoms with E-state index in [0.717, 1.165) is 0 Å². The third-order valence-corrected chi connectivity index (χ3v) is 2.22. The Labute approximate surface area is 72.4 Å². The molecule has 12 heavy (non-hydrogen) atoms. The van der Waals surface area contributed by atoms with Crippen LogP contribution in [0.15, 0.2) is 12.4 Å². The summed E-state index contributed by atoms with van der Waals surface area (Å²) in [5.41, 5.74) is 0. The molecule has 1 aliphatic rings. The number of hydrogen-bond acceptors (Lipinski definition) is 5. The van der Waals surface area contributed by atoms with Crippen molar-refractivity contribution in [1.82, 2.24) is 9.80 Å². The maximum atomic E-state index is 9.10. The monoisotopic (exact) mass is 194 g/mol. The first-order valence-corrected chi connectivity index (χ1v) is 5.95. The molecule has 0 radical (unpaired) electrons. The van der Waals surface area contributed by atoms with Gasteiger partial charge in [0.15, 0.2) is 0 Å². The first kappa shape index (κ1) is 9.74. The van der Waals surface area contributed by atoms with Crippen LogP contribution in [0.1, 0.15) is 0 Å². The molecule has 5 nitrogen and oxygen atoms in total. The molecule has 0 saturated heterocycles. The van der Waals surface area contributed by atoms with E-state index in [-0.39, 0.29) is 0 Å². The molecule has 0 bridgehead atoms. The van der Waals surface area contributed by atoms with E-state index in [1.54, 1.807) is 9.80 Å². The van der Waals surface area contributed by atoms with E-state index in [2.05, 4.69) is 0 Å². The van der Waals surface area contributed by atoms with E-state index in [4.69, 9.17) is 14.3 Å². The van der Waals surface area contributed by atoms with Crippen molar-refractivity contribution in [1.29, 1.82) is 0 Å². The van der Waals surface area contributed by atoms with E-state index in [1.807, 2.05) is 26.5 Å². The Kier molecular flexibility index (Phi) is 2.58. The second-order valence-corrected chi connectivity index (χ2v) is 5.11. The summed E-state index contributed by atoms with van der Waals surface area (Å²) in [6.45, 7) is 1.31. The topological polar surface area (TPSA) is 56.2 Å². The normalized spacial score (nSPS) is 20.8. The van der Waals surface area contributed by atoms with E-state index >= 15 is 0 Å². The second kappa shape index (κ2) is 3.18. The molecule has 0 aromatic heterocycles. The van der Waals surface area contributed by atoms with Crippen LogP contribution in [0.3, 0.4) is 0 Å². The Morgan fingerprint density at radius 1 is 1.25 bits per heavy atom. The van der Waals surface area contributed by atoms with Gasteiger partial charge in [-0.3, -0.25) is 0 Å². The standard InChI is InChI=1S/C6H15N2O3P/c1-7-4-5-8(2)6(7)11-12(3,9)10/h4-6,9-10,12H,1-3H3. The van der Waals surface area contributed by atoms with Crippen molar-refractivity contribution >= 4 is 7.94 Å². The van der Waals surface area contributed by atoms with Crippen molar-refractivity contribution in [2.45, 2.75) is 6.35 Å². The fourth-order valence-electron chi connectivity index (χ4n) is 1.01. The first-order valence-electron chi connectivity index (χ1n) is 3.65. The van der Waals surface area contributed by atoms with Crippen LogP contribution >= 0.6 is 7.94 Å². The molecular weight excluding hydrogens is 179 g/mol. The average molecular weight is 194 g/mol. The molecule has 0 aliphatic carbocycles. The van der Waals surface area contributed by atoms with Crippen molar-refractivity contribution in [3.05, 3.63) is 12.4 Å². The van der Waals surface area contributed by atoms with Gasteiger partial charge in [0.25, 0.3) is 0 Å². The zero-order valence-corrected chi connectivity index (χ0v) is 8.43. The molecule has 0 spiro atoms. The van der Waals surface area contributed by atoms with E-state index < -0.39 is 14.3 Å². The van der Waals surface area contributed by atoms with Crippen molar-refractivity contribution in [2.24, 2.45) is 0 Å². The Morgan fingerprint density at radius 3 is 2.00 bits per heavy atom. The van der Waals surface area contributed by atoms with Crippen LogP contribution in [-0.4, -0.2) is 46.7 Å². The summed E-state index contributed by atoms with van der Waals surface area (Å²) >= 11 is 0. The van der Waals surface area contributed by atoms with Gasteiger partial charge in [0.2, 0.25) is 0 Å². The summed E-state index contributed by atoms with van der Waals surface area (Å²) in [6, 6.07) is 0. The molecule has 2 N–H and O–H groups in total. The molecule has 0 amide bonds. The molecule has 72 valence electrons. The predicted octanol–water partition coefficient (Wildman–Crippen LogP) is -0.256. The summed E-state index contributed by atoms with van der Waals surface area (Å²) in [6.07, 6.45) is 3.23. The van der Waals surface area contributed by atoms with Crippen molar-refractivity contribution in [2.75, 3.05) is 20.8 Å². The van der Waals surface area contributed by atoms with Gasteiger partial charge in [-0.25, -0.2) is 0 Å². The SMILES string of the molecule is CN1C=CN(C)C1O[PH](C)(O)O. The van der Waals surface area contributed by atoms with Gasteiger partial charge in [0.1, 0.15) is 0 Å². The minimum atomic E-state index is -3.43. The molecule has 0 atom stereocenters. The molecule has 6 heteroatoms. The van der Waals surface area contributed by atoms with Gasteiger partial charge in [-0.2, -0.15) is 0 Å². The number of nitrogens with zero attached hydrogens (tertiary/aromatic N) is 2. The van der Waals surface area contributed by atoms with Gasteiger partial charge in [0, 0.05) is 0 Å². The molecule has 0 unspecified atom stereocenters. The third-order valence-electron chi connectivity index (χ3n) is 1.56. The van der Waals surface area contributed by atoms with Crippen LogP contribution in [0, 0.1) is 0 Å². The summed E-state index contributed by atoms with van der Waals surface area (Å²) < 4.78 is 5.06. The van der Waals surface area contributed by atoms with E-state index in [0.29, 0.717) is 0 Å². The first-order chi connectivity index (χ1) is 5.40. The molecule has 1 rings (SSSR count). The van der Waals surface area contributed by atoms with Crippen LogP contribution in [0.2, 0.25) is 0 Å². The Balaban J connectivity index is 2.53. The fraction of sp³-hybridized carbons (Fsp3) is 0.667. The Bertz CT molecular complexity index is 180. The molecule has 0 saturated carbocycles. The molecule has 0 fully saturated rings. The quantitative estimate of drug-likeness (QED) is 0.593. The van der Waals surface area contributed by atoms with Crippen molar-refractivity contribution < 1.29 is 14.3 Å². The minimum absolute atomic E-state index is 0.392. The summed E-state index contributed by atoms with van der Waals surface area (Å²) in [5, 5.41) is 0. The van der Waals surface area contributed by atoms with E-state index in [9.17, 15) is 0 Å². The summed E-state index contributed by atoms with van der Waals surface area (Å²) in [5.74, 6) is 0. The third kappa shape index (κ3) is 2.32. The summed E-state index contributed by atoms with van der Waals surface area (Å²) in [7, 11) is 0.191. The van der Waals surface area contributed by atoms with Crippen LogP contribution in [0.5, 0.6) is 0 Å². The fourth-order valence-corrected chi connectivity index (χ4v) is 1.74. The number of hydrogen-bond donors (Lipinski definition) is 2. The van der Waals surface area contributed by atoms with Gasteiger partial charge >= 0.3 is 71.6 Å². The number of rotatable bonds is 2. The molecular formula is C6H15N2O3P. The van der Waals surface area contributed by atoms with E-state index in [1.165, 1.54) is 6.66 Å². The van der Waals surface area contributed by atoms with Crippen molar-refractivity contribution in [3.63, 3.8) is 0 Å². The zero-order valence-electron chi connectivity index (χ0n) is 7.43. The van der Waals surface area contributed by atoms with Crippen molar-refractivity contribution in [3.8, 4) is 0 Å². The second-order valence-electron chi connectivity index (χ2n) is 3.01. The molecule has 1 heterocycles. The predicted molar refractivity (Wildman–Crippen MR) is 48.2 cm³/mol. The molecule has 1 aliphatic heterocycles. The van der Waals surface area contributed by atoms with Gasteiger partial charge < -0.3 is 0 Å². The Morgan fingerprint density at radius 2 is 1.67 bits per heavy atom. The van der Waals surface area contributed by atoms with Gasteiger partial charge in [0.05, 0.1) is 0 Å². The molecule has 0 aromatic carbocycles. The Hall–Kier alpha value is -0.350. The van der Waals surface area contributed by atoms with Crippen LogP contribution in [0.25, 0.3) is 0 Å². The van der Waals surface area contributed by atoms with Crippen LogP contribution in [-0.2, 0) is 4.52 Å². The average Bonchev–Trinajstić information content (AvgIpc) is 2.16. The van der Waals surface area contributed by atoms with Gasteiger partial charge in [-0.15, -0.1) is 0 Å².